The number of thioether (sulfide) groups is 1. The van der Waals surface area contributed by atoms with Crippen LogP contribution < -0.4 is 5.73 Å². The fourth-order valence-corrected chi connectivity index (χ4v) is 4.23. The topological polar surface area (TPSA) is 46.2 Å². The number of nitrogens with two attached hydrogens (primary N) is 1. The summed E-state index contributed by atoms with van der Waals surface area (Å²) in [5.41, 5.74) is 5.92. The fraction of sp³-hybridized carbons (Fsp3) is 0.625. The summed E-state index contributed by atoms with van der Waals surface area (Å²) >= 11 is 1.86. The standard InChI is InChI=1S/C16H25NOS/c1-15(2)8-9-16(12-17,14(15)18)10-11-19-13-6-4-3-5-7-13/h3-7,14,18H,8-12,17H2,1-2H3. The van der Waals surface area contributed by atoms with Crippen LogP contribution in [0.5, 0.6) is 0 Å². The molecular formula is C16H25NOS. The Labute approximate surface area is 120 Å². The lowest BCUT2D eigenvalue weighted by Crippen LogP contribution is -2.43. The lowest BCUT2D eigenvalue weighted by molar-refractivity contribution is -0.00607. The van der Waals surface area contributed by atoms with Gasteiger partial charge >= 0.3 is 0 Å². The van der Waals surface area contributed by atoms with E-state index < -0.39 is 0 Å². The lowest BCUT2D eigenvalue weighted by Gasteiger charge is -2.35. The molecule has 0 aromatic heterocycles. The normalized spacial score (nSPS) is 29.6. The van der Waals surface area contributed by atoms with Crippen molar-refractivity contribution in [2.24, 2.45) is 16.6 Å². The van der Waals surface area contributed by atoms with E-state index in [1.165, 1.54) is 4.90 Å². The molecule has 0 amide bonds. The van der Waals surface area contributed by atoms with Crippen LogP contribution >= 0.6 is 11.8 Å². The van der Waals surface area contributed by atoms with E-state index in [9.17, 15) is 5.11 Å². The van der Waals surface area contributed by atoms with Gasteiger partial charge in [-0.2, -0.15) is 0 Å². The minimum Gasteiger partial charge on any atom is -0.392 e. The van der Waals surface area contributed by atoms with Gasteiger partial charge in [-0.3, -0.25) is 0 Å². The maximum atomic E-state index is 10.6. The van der Waals surface area contributed by atoms with E-state index >= 15 is 0 Å². The molecule has 106 valence electrons. The summed E-state index contributed by atoms with van der Waals surface area (Å²) in [5, 5.41) is 10.6. The van der Waals surface area contributed by atoms with Crippen molar-refractivity contribution in [2.75, 3.05) is 12.3 Å². The van der Waals surface area contributed by atoms with Crippen molar-refractivity contribution >= 4 is 11.8 Å². The molecule has 2 unspecified atom stereocenters. The van der Waals surface area contributed by atoms with Gasteiger partial charge in [-0.1, -0.05) is 32.0 Å². The van der Waals surface area contributed by atoms with Gasteiger partial charge in [-0.05, 0) is 42.6 Å². The van der Waals surface area contributed by atoms with Gasteiger partial charge in [0.2, 0.25) is 0 Å². The molecule has 2 rings (SSSR count). The van der Waals surface area contributed by atoms with Crippen LogP contribution in [0.2, 0.25) is 0 Å². The Morgan fingerprint density at radius 1 is 1.26 bits per heavy atom. The van der Waals surface area contributed by atoms with E-state index in [0.717, 1.165) is 25.0 Å². The van der Waals surface area contributed by atoms with E-state index in [-0.39, 0.29) is 16.9 Å². The Morgan fingerprint density at radius 3 is 2.47 bits per heavy atom. The van der Waals surface area contributed by atoms with Gasteiger partial charge < -0.3 is 10.8 Å². The van der Waals surface area contributed by atoms with Gasteiger partial charge in [0, 0.05) is 16.9 Å². The summed E-state index contributed by atoms with van der Waals surface area (Å²) in [6.45, 7) is 4.89. The fourth-order valence-electron chi connectivity index (χ4n) is 3.14. The van der Waals surface area contributed by atoms with Gasteiger partial charge in [0.05, 0.1) is 6.10 Å². The van der Waals surface area contributed by atoms with Crippen LogP contribution in [-0.2, 0) is 0 Å². The van der Waals surface area contributed by atoms with Crippen molar-refractivity contribution in [3.63, 3.8) is 0 Å². The van der Waals surface area contributed by atoms with E-state index in [0.29, 0.717) is 6.54 Å². The highest BCUT2D eigenvalue weighted by Gasteiger charge is 2.50. The van der Waals surface area contributed by atoms with Crippen molar-refractivity contribution in [2.45, 2.75) is 44.1 Å². The molecule has 0 saturated heterocycles. The average molecular weight is 279 g/mol. The molecule has 0 heterocycles. The van der Waals surface area contributed by atoms with Crippen molar-refractivity contribution in [1.82, 2.24) is 0 Å². The smallest absolute Gasteiger partial charge is 0.0659 e. The van der Waals surface area contributed by atoms with Gasteiger partial charge in [0.25, 0.3) is 0 Å². The largest absolute Gasteiger partial charge is 0.392 e. The van der Waals surface area contributed by atoms with Gasteiger partial charge in [-0.15, -0.1) is 11.8 Å². The Morgan fingerprint density at radius 2 is 1.95 bits per heavy atom. The highest BCUT2D eigenvalue weighted by molar-refractivity contribution is 7.99. The zero-order valence-electron chi connectivity index (χ0n) is 11.9. The van der Waals surface area contributed by atoms with Crippen LogP contribution in [0, 0.1) is 10.8 Å². The maximum absolute atomic E-state index is 10.6. The molecular weight excluding hydrogens is 254 g/mol. The van der Waals surface area contributed by atoms with Crippen LogP contribution in [0.1, 0.15) is 33.1 Å². The molecule has 19 heavy (non-hydrogen) atoms. The number of benzene rings is 1. The predicted molar refractivity (Wildman–Crippen MR) is 82.3 cm³/mol. The average Bonchev–Trinajstić information content (AvgIpc) is 2.65. The molecule has 1 aliphatic carbocycles. The second-order valence-electron chi connectivity index (χ2n) is 6.37. The summed E-state index contributed by atoms with van der Waals surface area (Å²) < 4.78 is 0. The third-order valence-electron chi connectivity index (χ3n) is 4.61. The van der Waals surface area contributed by atoms with Crippen molar-refractivity contribution in [3.8, 4) is 0 Å². The quantitative estimate of drug-likeness (QED) is 0.813. The molecule has 0 spiro atoms. The molecule has 3 N–H and O–H groups in total. The molecule has 0 bridgehead atoms. The summed E-state index contributed by atoms with van der Waals surface area (Å²) in [5.74, 6) is 1.02. The van der Waals surface area contributed by atoms with E-state index in [1.807, 2.05) is 17.8 Å². The zero-order valence-corrected chi connectivity index (χ0v) is 12.7. The highest BCUT2D eigenvalue weighted by atomic mass is 32.2. The summed E-state index contributed by atoms with van der Waals surface area (Å²) in [4.78, 5) is 1.29. The summed E-state index contributed by atoms with van der Waals surface area (Å²) in [6, 6.07) is 10.4. The second kappa shape index (κ2) is 5.86. The highest BCUT2D eigenvalue weighted by Crippen LogP contribution is 2.51. The van der Waals surface area contributed by atoms with Crippen LogP contribution in [0.25, 0.3) is 0 Å². The molecule has 0 radical (unpaired) electrons. The molecule has 1 fully saturated rings. The van der Waals surface area contributed by atoms with Crippen LogP contribution in [0.15, 0.2) is 35.2 Å². The van der Waals surface area contributed by atoms with E-state index in [4.69, 9.17) is 5.73 Å². The predicted octanol–water partition coefficient (Wildman–Crippen LogP) is 3.29. The molecule has 3 heteroatoms. The molecule has 1 aliphatic rings. The third kappa shape index (κ3) is 3.15. The second-order valence-corrected chi connectivity index (χ2v) is 7.54. The van der Waals surface area contributed by atoms with Crippen LogP contribution in [0.4, 0.5) is 0 Å². The van der Waals surface area contributed by atoms with Crippen molar-refractivity contribution in [1.29, 1.82) is 0 Å². The first-order valence-corrected chi connectivity index (χ1v) is 8.05. The maximum Gasteiger partial charge on any atom is 0.0659 e. The third-order valence-corrected chi connectivity index (χ3v) is 5.62. The lowest BCUT2D eigenvalue weighted by atomic mass is 9.76. The number of aliphatic hydroxyl groups is 1. The van der Waals surface area contributed by atoms with Crippen molar-refractivity contribution < 1.29 is 5.11 Å². The molecule has 2 nitrogen and oxygen atoms in total. The summed E-state index contributed by atoms with van der Waals surface area (Å²) in [7, 11) is 0. The van der Waals surface area contributed by atoms with Gasteiger partial charge in [0.15, 0.2) is 0 Å². The first-order valence-electron chi connectivity index (χ1n) is 7.06. The Bertz CT molecular complexity index is 406. The van der Waals surface area contributed by atoms with Crippen LogP contribution in [0.3, 0.4) is 0 Å². The zero-order chi connectivity index (χ0) is 13.9. The molecule has 1 saturated carbocycles. The number of rotatable bonds is 5. The minimum atomic E-state index is -0.277. The Kier molecular flexibility index (Phi) is 4.59. The van der Waals surface area contributed by atoms with Gasteiger partial charge in [-0.25, -0.2) is 0 Å². The summed E-state index contributed by atoms with van der Waals surface area (Å²) in [6.07, 6.45) is 2.84. The van der Waals surface area contributed by atoms with Gasteiger partial charge in [0.1, 0.15) is 0 Å². The molecule has 2 atom stereocenters. The SMILES string of the molecule is CC1(C)CCC(CN)(CCSc2ccccc2)C1O. The first-order chi connectivity index (χ1) is 9.00. The first kappa shape index (κ1) is 14.9. The molecule has 1 aromatic rings. The number of hydrogen-bond acceptors (Lipinski definition) is 3. The monoisotopic (exact) mass is 279 g/mol. The minimum absolute atomic E-state index is 0.0107. The molecule has 0 aliphatic heterocycles. The number of aliphatic hydroxyl groups excluding tert-OH is 1. The Hall–Kier alpha value is -0.510. The van der Waals surface area contributed by atoms with Crippen molar-refractivity contribution in [3.05, 3.63) is 30.3 Å². The van der Waals surface area contributed by atoms with Crippen LogP contribution in [-0.4, -0.2) is 23.5 Å². The Balaban J connectivity index is 1.94. The number of hydrogen-bond donors (Lipinski definition) is 2. The van der Waals surface area contributed by atoms with E-state index in [2.05, 4.69) is 38.1 Å². The van der Waals surface area contributed by atoms with E-state index in [1.54, 1.807) is 0 Å². The molecule has 1 aromatic carbocycles.